The number of nitrogens with zero attached hydrogens (tertiary/aromatic N) is 1. The number of amides is 5. The fraction of sp³-hybridized carbons (Fsp3) is 0.765. The molecule has 2 fully saturated rings. The molecule has 5 amide bonds. The molecule has 5 N–H and O–H groups in total. The molecule has 174 valence electrons. The van der Waals surface area contributed by atoms with E-state index in [2.05, 4.69) is 29.6 Å². The quantitative estimate of drug-likeness (QED) is 0.159. The number of unbranched alkanes of at least 4 members (excludes halogenated alkanes) is 1. The molecular weight excluding hydrogens is 464 g/mol. The summed E-state index contributed by atoms with van der Waals surface area (Å²) in [5, 5.41) is 9.12. The van der Waals surface area contributed by atoms with Gasteiger partial charge >= 0.3 is 25.0 Å². The van der Waals surface area contributed by atoms with Crippen molar-refractivity contribution in [2.45, 2.75) is 43.0 Å². The van der Waals surface area contributed by atoms with Crippen molar-refractivity contribution in [2.75, 3.05) is 38.7 Å². The highest BCUT2D eigenvalue weighted by Gasteiger charge is 2.42. The Morgan fingerprint density at radius 3 is 2.77 bits per heavy atom. The predicted molar refractivity (Wildman–Crippen MR) is 122 cm³/mol. The number of carbonyl (C=O) groups is 4. The van der Waals surface area contributed by atoms with Gasteiger partial charge in [0.1, 0.15) is 15.5 Å². The van der Waals surface area contributed by atoms with Crippen LogP contribution in [0.25, 0.3) is 0 Å². The van der Waals surface area contributed by atoms with Gasteiger partial charge in [0, 0.05) is 24.0 Å². The maximum absolute atomic E-state index is 11.9. The van der Waals surface area contributed by atoms with Gasteiger partial charge in [-0.1, -0.05) is 6.42 Å². The molecule has 2 rings (SSSR count). The van der Waals surface area contributed by atoms with E-state index >= 15 is 0 Å². The number of carbonyl (C=O) groups excluding carboxylic acids is 4. The summed E-state index contributed by atoms with van der Waals surface area (Å²) in [6.07, 6.45) is 3.21. The van der Waals surface area contributed by atoms with Crippen LogP contribution in [0.15, 0.2) is 4.74 Å². The lowest BCUT2D eigenvalue weighted by Crippen LogP contribution is -2.36. The summed E-state index contributed by atoms with van der Waals surface area (Å²) < 4.78 is 14.0. The Morgan fingerprint density at radius 1 is 1.23 bits per heavy atom. The number of rotatable bonds is 14. The van der Waals surface area contributed by atoms with E-state index in [0.29, 0.717) is 24.8 Å². The number of hydrogen-bond acceptors (Lipinski definition) is 7. The number of ether oxygens (including phenoxy) is 2. The minimum atomic E-state index is -1.57. The number of thioether (sulfide) groups is 1. The highest BCUT2D eigenvalue weighted by atomic mass is 32.2. The van der Waals surface area contributed by atoms with Crippen LogP contribution >= 0.6 is 28.1 Å². The Balaban J connectivity index is 1.39. The Hall–Kier alpha value is -1.32. The standard InChI is InChI=1S/C17H29N5O6P2S/c18-16(25)30(29)22-14(24)9-28-8-7-27-6-5-19-13(23)4-2-1-3-12-15-11(10-31-12)20-17(26)21-15/h11-12,15H,1-10,29H2,(H4-,18,19,20,21,23,25,26)/p+1. The predicted octanol–water partition coefficient (Wildman–Crippen LogP) is 0.923. The van der Waals surface area contributed by atoms with E-state index in [1.165, 1.54) is 0 Å². The van der Waals surface area contributed by atoms with Crippen molar-refractivity contribution in [3.05, 3.63) is 0 Å². The average molecular weight is 494 g/mol. The van der Waals surface area contributed by atoms with E-state index in [-0.39, 0.29) is 43.8 Å². The molecular formula is C17H30N5O6P2S+. The number of fused-ring (bicyclic) bond motifs is 1. The summed E-state index contributed by atoms with van der Waals surface area (Å²) in [5.41, 5.74) is 4.39. The molecule has 2 saturated heterocycles. The van der Waals surface area contributed by atoms with Gasteiger partial charge in [-0.15, -0.1) is 0 Å². The summed E-state index contributed by atoms with van der Waals surface area (Å²) in [6.45, 7) is 1.01. The van der Waals surface area contributed by atoms with E-state index < -0.39 is 19.0 Å². The van der Waals surface area contributed by atoms with Gasteiger partial charge in [0.25, 0.3) is 0 Å². The minimum absolute atomic E-state index is 0.0109. The van der Waals surface area contributed by atoms with Crippen molar-refractivity contribution in [2.24, 2.45) is 10.5 Å². The molecule has 0 aromatic carbocycles. The van der Waals surface area contributed by atoms with E-state index in [9.17, 15) is 19.2 Å². The first-order chi connectivity index (χ1) is 14.9. The minimum Gasteiger partial charge on any atom is -0.377 e. The number of nitrogens with two attached hydrogens (primary N) is 1. The Bertz CT molecular complexity index is 698. The van der Waals surface area contributed by atoms with Crippen LogP contribution in [0.1, 0.15) is 25.7 Å². The molecule has 5 atom stereocenters. The summed E-state index contributed by atoms with van der Waals surface area (Å²) in [5.74, 6) is 0.394. The zero-order valence-electron chi connectivity index (χ0n) is 17.2. The third kappa shape index (κ3) is 9.78. The second kappa shape index (κ2) is 14.0. The molecule has 2 aliphatic rings. The third-order valence-electron chi connectivity index (χ3n) is 4.69. The first kappa shape index (κ1) is 25.9. The van der Waals surface area contributed by atoms with Crippen molar-refractivity contribution in [1.29, 1.82) is 0 Å². The molecule has 0 bridgehead atoms. The first-order valence-corrected chi connectivity index (χ1v) is 14.0. The van der Waals surface area contributed by atoms with Gasteiger partial charge in [0.15, 0.2) is 0 Å². The average Bonchev–Trinajstić information content (AvgIpc) is 3.26. The van der Waals surface area contributed by atoms with E-state index in [4.69, 9.17) is 15.2 Å². The van der Waals surface area contributed by atoms with Gasteiger partial charge in [-0.05, 0) is 17.6 Å². The molecule has 11 nitrogen and oxygen atoms in total. The monoisotopic (exact) mass is 494 g/mol. The molecule has 0 aliphatic carbocycles. The summed E-state index contributed by atoms with van der Waals surface area (Å²) >= 11 is 1.88. The number of primary amides is 1. The Kier molecular flexibility index (Phi) is 11.7. The molecule has 0 aromatic heterocycles. The molecule has 0 radical (unpaired) electrons. The summed E-state index contributed by atoms with van der Waals surface area (Å²) in [4.78, 5) is 45.5. The van der Waals surface area contributed by atoms with Crippen LogP contribution in [0.5, 0.6) is 0 Å². The van der Waals surface area contributed by atoms with Crippen LogP contribution in [-0.2, 0) is 19.1 Å². The number of hydrogen-bond donors (Lipinski definition) is 4. The topological polar surface area (TPSA) is 161 Å². The molecule has 31 heavy (non-hydrogen) atoms. The maximum atomic E-state index is 11.9. The molecule has 2 heterocycles. The fourth-order valence-corrected chi connectivity index (χ4v) is 5.53. The van der Waals surface area contributed by atoms with Crippen LogP contribution in [0.4, 0.5) is 9.59 Å². The van der Waals surface area contributed by atoms with Crippen molar-refractivity contribution in [1.82, 2.24) is 16.0 Å². The number of urea groups is 1. The van der Waals surface area contributed by atoms with Gasteiger partial charge in [0.05, 0.1) is 31.9 Å². The zero-order chi connectivity index (χ0) is 22.6. The largest absolute Gasteiger partial charge is 0.439 e. The van der Waals surface area contributed by atoms with Gasteiger partial charge in [-0.3, -0.25) is 9.59 Å². The lowest BCUT2D eigenvalue weighted by atomic mass is 10.0. The smallest absolute Gasteiger partial charge is 0.377 e. The van der Waals surface area contributed by atoms with Crippen molar-refractivity contribution < 1.29 is 28.7 Å². The van der Waals surface area contributed by atoms with Crippen LogP contribution < -0.4 is 21.7 Å². The molecule has 0 aromatic rings. The highest BCUT2D eigenvalue weighted by molar-refractivity contribution is 8.16. The maximum Gasteiger partial charge on any atom is 0.439 e. The summed E-state index contributed by atoms with van der Waals surface area (Å²) in [6, 6.07) is 0.364. The lowest BCUT2D eigenvalue weighted by Gasteiger charge is -2.16. The lowest BCUT2D eigenvalue weighted by molar-refractivity contribution is -0.123. The van der Waals surface area contributed by atoms with Crippen LogP contribution in [0.3, 0.4) is 0 Å². The van der Waals surface area contributed by atoms with E-state index in [0.717, 1.165) is 25.0 Å². The number of nitrogens with one attached hydrogen (secondary N) is 3. The van der Waals surface area contributed by atoms with Gasteiger partial charge in [-0.2, -0.15) is 11.8 Å². The second-order valence-electron chi connectivity index (χ2n) is 7.06. The van der Waals surface area contributed by atoms with Crippen LogP contribution in [0, 0.1) is 0 Å². The molecule has 14 heteroatoms. The Morgan fingerprint density at radius 2 is 2.00 bits per heavy atom. The zero-order valence-corrected chi connectivity index (χ0v) is 20.1. The van der Waals surface area contributed by atoms with Crippen molar-refractivity contribution in [3.8, 4) is 0 Å². The first-order valence-electron chi connectivity index (χ1n) is 10.1. The van der Waals surface area contributed by atoms with Gasteiger partial charge in [-0.25, -0.2) is 9.59 Å². The second-order valence-corrected chi connectivity index (χ2v) is 11.1. The highest BCUT2D eigenvalue weighted by Crippen LogP contribution is 2.34. The Labute approximate surface area is 188 Å². The molecule has 2 aliphatic heterocycles. The van der Waals surface area contributed by atoms with Crippen molar-refractivity contribution >= 4 is 51.6 Å². The van der Waals surface area contributed by atoms with E-state index in [1.54, 1.807) is 0 Å². The fourth-order valence-electron chi connectivity index (χ4n) is 3.20. The van der Waals surface area contributed by atoms with Crippen LogP contribution in [-0.4, -0.2) is 79.6 Å². The molecule has 0 spiro atoms. The molecule has 0 saturated carbocycles. The third-order valence-corrected chi connectivity index (χ3v) is 8.20. The SMILES string of the molecule is NC(=O)[P+](P)=NC(=O)COCCOCCNC(=O)CCCCC1SCC2NC(=O)NC21. The van der Waals surface area contributed by atoms with Crippen LogP contribution in [0.2, 0.25) is 0 Å². The normalized spacial score (nSPS) is 22.5. The van der Waals surface area contributed by atoms with Gasteiger partial charge in [0.2, 0.25) is 5.91 Å². The van der Waals surface area contributed by atoms with Crippen molar-refractivity contribution in [3.63, 3.8) is 0 Å². The van der Waals surface area contributed by atoms with E-state index in [1.807, 2.05) is 11.8 Å². The summed E-state index contributed by atoms with van der Waals surface area (Å²) in [7, 11) is 0.566. The van der Waals surface area contributed by atoms with Gasteiger partial charge < -0.3 is 31.2 Å². The molecule has 5 unspecified atom stereocenters.